The van der Waals surface area contributed by atoms with Crippen molar-refractivity contribution in [2.45, 2.75) is 57.7 Å². The van der Waals surface area contributed by atoms with Gasteiger partial charge in [0.15, 0.2) is 0 Å². The normalized spacial score (nSPS) is 21.8. The second-order valence-electron chi connectivity index (χ2n) is 5.95. The molecular formula is C15H26N4. The van der Waals surface area contributed by atoms with E-state index in [0.717, 1.165) is 26.2 Å². The van der Waals surface area contributed by atoms with Crippen LogP contribution in [-0.2, 0) is 6.54 Å². The van der Waals surface area contributed by atoms with Gasteiger partial charge < -0.3 is 5.32 Å². The molecule has 1 saturated carbocycles. The fourth-order valence-corrected chi connectivity index (χ4v) is 3.25. The molecule has 1 saturated heterocycles. The molecule has 106 valence electrons. The van der Waals surface area contributed by atoms with E-state index in [-0.39, 0.29) is 0 Å². The summed E-state index contributed by atoms with van der Waals surface area (Å²) in [5.41, 5.74) is 1.24. The number of rotatable bonds is 5. The van der Waals surface area contributed by atoms with Crippen LogP contribution in [-0.4, -0.2) is 40.4 Å². The molecule has 0 aromatic carbocycles. The van der Waals surface area contributed by atoms with E-state index in [0.29, 0.717) is 12.1 Å². The first-order valence-electron chi connectivity index (χ1n) is 7.85. The third-order valence-corrected chi connectivity index (χ3v) is 4.66. The van der Waals surface area contributed by atoms with Crippen LogP contribution in [0.2, 0.25) is 0 Å². The van der Waals surface area contributed by atoms with E-state index < -0.39 is 0 Å². The quantitative estimate of drug-likeness (QED) is 0.883. The van der Waals surface area contributed by atoms with Crippen LogP contribution >= 0.6 is 0 Å². The number of hydrogen-bond acceptors (Lipinski definition) is 3. The van der Waals surface area contributed by atoms with Crippen molar-refractivity contribution in [2.24, 2.45) is 0 Å². The van der Waals surface area contributed by atoms with E-state index in [1.54, 1.807) is 0 Å². The molecule has 0 unspecified atom stereocenters. The number of aromatic nitrogens is 2. The molecule has 4 heteroatoms. The summed E-state index contributed by atoms with van der Waals surface area (Å²) in [5.74, 6) is 0. The topological polar surface area (TPSA) is 33.1 Å². The third-order valence-electron chi connectivity index (χ3n) is 4.66. The molecule has 2 heterocycles. The molecule has 4 nitrogen and oxygen atoms in total. The lowest BCUT2D eigenvalue weighted by Gasteiger charge is -2.37. The molecular weight excluding hydrogens is 236 g/mol. The van der Waals surface area contributed by atoms with Crippen LogP contribution in [0.15, 0.2) is 12.3 Å². The van der Waals surface area contributed by atoms with Gasteiger partial charge in [-0.05, 0) is 25.5 Å². The van der Waals surface area contributed by atoms with Crippen molar-refractivity contribution in [3.05, 3.63) is 18.0 Å². The van der Waals surface area contributed by atoms with Crippen molar-refractivity contribution in [3.63, 3.8) is 0 Å². The highest BCUT2D eigenvalue weighted by Crippen LogP contribution is 2.27. The third kappa shape index (κ3) is 3.00. The predicted molar refractivity (Wildman–Crippen MR) is 77.1 cm³/mol. The SMILES string of the molecule is CCN(Cc1ccn(C2CCCCC2)n1)C1CNC1. The fourth-order valence-electron chi connectivity index (χ4n) is 3.25. The second-order valence-corrected chi connectivity index (χ2v) is 5.95. The first kappa shape index (κ1) is 13.1. The number of hydrogen-bond donors (Lipinski definition) is 1. The standard InChI is InChI=1S/C15H26N4/c1-2-18(15-10-16-11-15)12-13-8-9-19(17-13)14-6-4-3-5-7-14/h8-9,14-16H,2-7,10-12H2,1H3. The van der Waals surface area contributed by atoms with E-state index in [4.69, 9.17) is 5.10 Å². The average Bonchev–Trinajstić information content (AvgIpc) is 2.85. The Hall–Kier alpha value is -0.870. The highest BCUT2D eigenvalue weighted by molar-refractivity contribution is 5.01. The van der Waals surface area contributed by atoms with Crippen molar-refractivity contribution in [3.8, 4) is 0 Å². The molecule has 0 amide bonds. The van der Waals surface area contributed by atoms with Crippen LogP contribution in [0.3, 0.4) is 0 Å². The zero-order valence-electron chi connectivity index (χ0n) is 12.0. The Balaban J connectivity index is 1.60. The number of nitrogens with zero attached hydrogens (tertiary/aromatic N) is 3. The first-order chi connectivity index (χ1) is 9.36. The van der Waals surface area contributed by atoms with Gasteiger partial charge in [-0.1, -0.05) is 26.2 Å². The Labute approximate surface area is 116 Å². The molecule has 1 aromatic heterocycles. The van der Waals surface area contributed by atoms with Gasteiger partial charge >= 0.3 is 0 Å². The maximum absolute atomic E-state index is 4.82. The van der Waals surface area contributed by atoms with Crippen LogP contribution in [0, 0.1) is 0 Å². The molecule has 0 bridgehead atoms. The monoisotopic (exact) mass is 262 g/mol. The van der Waals surface area contributed by atoms with Crippen LogP contribution in [0.5, 0.6) is 0 Å². The summed E-state index contributed by atoms with van der Waals surface area (Å²) in [6.45, 7) is 6.63. The number of likely N-dealkylation sites (N-methyl/N-ethyl adjacent to an activating group) is 1. The maximum Gasteiger partial charge on any atom is 0.0765 e. The van der Waals surface area contributed by atoms with Crippen LogP contribution in [0.25, 0.3) is 0 Å². The first-order valence-corrected chi connectivity index (χ1v) is 7.85. The molecule has 2 fully saturated rings. The smallest absolute Gasteiger partial charge is 0.0765 e. The minimum atomic E-state index is 0.656. The summed E-state index contributed by atoms with van der Waals surface area (Å²) >= 11 is 0. The molecule has 3 rings (SSSR count). The van der Waals surface area contributed by atoms with E-state index in [9.17, 15) is 0 Å². The highest BCUT2D eigenvalue weighted by Gasteiger charge is 2.24. The average molecular weight is 262 g/mol. The fraction of sp³-hybridized carbons (Fsp3) is 0.800. The minimum Gasteiger partial charge on any atom is -0.314 e. The van der Waals surface area contributed by atoms with Crippen molar-refractivity contribution in [2.75, 3.05) is 19.6 Å². The molecule has 2 aliphatic rings. The molecule has 0 spiro atoms. The van der Waals surface area contributed by atoms with Crippen LogP contribution < -0.4 is 5.32 Å². The van der Waals surface area contributed by atoms with E-state index >= 15 is 0 Å². The Morgan fingerprint density at radius 3 is 2.74 bits per heavy atom. The summed E-state index contributed by atoms with van der Waals surface area (Å²) in [6.07, 6.45) is 8.96. The summed E-state index contributed by atoms with van der Waals surface area (Å²) < 4.78 is 2.22. The largest absolute Gasteiger partial charge is 0.314 e. The van der Waals surface area contributed by atoms with Crippen LogP contribution in [0.4, 0.5) is 0 Å². The van der Waals surface area contributed by atoms with Crippen molar-refractivity contribution < 1.29 is 0 Å². The van der Waals surface area contributed by atoms with Gasteiger partial charge in [0.2, 0.25) is 0 Å². The Morgan fingerprint density at radius 1 is 1.32 bits per heavy atom. The Kier molecular flexibility index (Phi) is 4.18. The molecule has 1 aliphatic heterocycles. The summed E-state index contributed by atoms with van der Waals surface area (Å²) in [5, 5.41) is 8.17. The highest BCUT2D eigenvalue weighted by atomic mass is 15.3. The van der Waals surface area contributed by atoms with Gasteiger partial charge in [0.05, 0.1) is 11.7 Å². The summed E-state index contributed by atoms with van der Waals surface area (Å²) in [4.78, 5) is 2.53. The lowest BCUT2D eigenvalue weighted by Crippen LogP contribution is -2.56. The molecule has 1 aliphatic carbocycles. The Bertz CT molecular complexity index is 391. The second kappa shape index (κ2) is 6.06. The predicted octanol–water partition coefficient (Wildman–Crippen LogP) is 2.18. The lowest BCUT2D eigenvalue weighted by molar-refractivity contribution is 0.143. The van der Waals surface area contributed by atoms with E-state index in [1.807, 2.05) is 0 Å². The van der Waals surface area contributed by atoms with Gasteiger partial charge in [0.25, 0.3) is 0 Å². The van der Waals surface area contributed by atoms with E-state index in [2.05, 4.69) is 34.1 Å². The Morgan fingerprint density at radius 2 is 2.11 bits per heavy atom. The van der Waals surface area contributed by atoms with Crippen molar-refractivity contribution in [1.29, 1.82) is 0 Å². The zero-order valence-corrected chi connectivity index (χ0v) is 12.0. The van der Waals surface area contributed by atoms with Crippen LogP contribution in [0.1, 0.15) is 50.8 Å². The lowest BCUT2D eigenvalue weighted by atomic mass is 9.96. The van der Waals surface area contributed by atoms with Gasteiger partial charge in [-0.3, -0.25) is 9.58 Å². The maximum atomic E-state index is 4.82. The molecule has 1 aromatic rings. The van der Waals surface area contributed by atoms with Gasteiger partial charge in [-0.25, -0.2) is 0 Å². The zero-order chi connectivity index (χ0) is 13.1. The minimum absolute atomic E-state index is 0.656. The van der Waals surface area contributed by atoms with Gasteiger partial charge in [-0.2, -0.15) is 5.10 Å². The van der Waals surface area contributed by atoms with Crippen molar-refractivity contribution in [1.82, 2.24) is 20.0 Å². The van der Waals surface area contributed by atoms with Crippen molar-refractivity contribution >= 4 is 0 Å². The van der Waals surface area contributed by atoms with Gasteiger partial charge in [0, 0.05) is 31.9 Å². The van der Waals surface area contributed by atoms with Gasteiger partial charge in [0.1, 0.15) is 0 Å². The van der Waals surface area contributed by atoms with Gasteiger partial charge in [-0.15, -0.1) is 0 Å². The number of nitrogens with one attached hydrogen (secondary N) is 1. The molecule has 0 atom stereocenters. The summed E-state index contributed by atoms with van der Waals surface area (Å²) in [6, 6.07) is 3.58. The molecule has 1 N–H and O–H groups in total. The summed E-state index contributed by atoms with van der Waals surface area (Å²) in [7, 11) is 0. The molecule has 19 heavy (non-hydrogen) atoms. The molecule has 0 radical (unpaired) electrons. The van der Waals surface area contributed by atoms with E-state index in [1.165, 1.54) is 37.8 Å².